The van der Waals surface area contributed by atoms with Gasteiger partial charge in [-0.15, -0.1) is 0 Å². The van der Waals surface area contributed by atoms with Crippen molar-refractivity contribution in [1.29, 1.82) is 0 Å². The lowest BCUT2D eigenvalue weighted by molar-refractivity contribution is -0.123. The topological polar surface area (TPSA) is 89.5 Å². The maximum atomic E-state index is 14.3. The SMILES string of the molecule is CC(C)c1ccc(C2(NC(=O)c3ccccc3)C(=O)Cc3ccccc3C2=O)c(OC(=O)c2ccccc2)c1. The van der Waals surface area contributed by atoms with Crippen molar-refractivity contribution in [2.75, 3.05) is 0 Å². The van der Waals surface area contributed by atoms with Crippen molar-refractivity contribution in [1.82, 2.24) is 5.32 Å². The van der Waals surface area contributed by atoms with Gasteiger partial charge in [0.25, 0.3) is 5.91 Å². The molecule has 4 aromatic rings. The first-order valence-electron chi connectivity index (χ1n) is 12.8. The highest BCUT2D eigenvalue weighted by Gasteiger charge is 2.53. The summed E-state index contributed by atoms with van der Waals surface area (Å²) in [6, 6.07) is 28.8. The van der Waals surface area contributed by atoms with Gasteiger partial charge in [0.05, 0.1) is 5.56 Å². The molecule has 1 aliphatic rings. The first-order valence-corrected chi connectivity index (χ1v) is 12.8. The fourth-order valence-corrected chi connectivity index (χ4v) is 4.85. The van der Waals surface area contributed by atoms with Gasteiger partial charge in [-0.25, -0.2) is 4.79 Å². The maximum absolute atomic E-state index is 14.3. The van der Waals surface area contributed by atoms with Crippen LogP contribution in [0.15, 0.2) is 103 Å². The first kappa shape index (κ1) is 25.8. The Kier molecular flexibility index (Phi) is 6.94. The van der Waals surface area contributed by atoms with Crippen LogP contribution < -0.4 is 10.1 Å². The highest BCUT2D eigenvalue weighted by atomic mass is 16.5. The molecule has 39 heavy (non-hydrogen) atoms. The minimum atomic E-state index is -2.09. The molecule has 0 saturated heterocycles. The van der Waals surface area contributed by atoms with Crippen LogP contribution in [0.5, 0.6) is 5.75 Å². The van der Waals surface area contributed by atoms with E-state index in [1.54, 1.807) is 103 Å². The number of hydrogen-bond acceptors (Lipinski definition) is 5. The number of hydrogen-bond donors (Lipinski definition) is 1. The van der Waals surface area contributed by atoms with E-state index in [0.717, 1.165) is 5.56 Å². The Labute approximate surface area is 226 Å². The quantitative estimate of drug-likeness (QED) is 0.202. The van der Waals surface area contributed by atoms with E-state index in [1.165, 1.54) is 0 Å². The summed E-state index contributed by atoms with van der Waals surface area (Å²) in [7, 11) is 0. The molecule has 0 saturated carbocycles. The van der Waals surface area contributed by atoms with Gasteiger partial charge in [-0.2, -0.15) is 0 Å². The molecule has 0 spiro atoms. The fraction of sp³-hybridized carbons (Fsp3) is 0.152. The van der Waals surface area contributed by atoms with E-state index < -0.39 is 29.0 Å². The summed E-state index contributed by atoms with van der Waals surface area (Å²) < 4.78 is 5.88. The van der Waals surface area contributed by atoms with E-state index in [4.69, 9.17) is 4.74 Å². The molecule has 1 unspecified atom stereocenters. The maximum Gasteiger partial charge on any atom is 0.343 e. The number of carbonyl (C=O) groups excluding carboxylic acids is 4. The zero-order chi connectivity index (χ0) is 27.6. The number of ether oxygens (including phenoxy) is 1. The van der Waals surface area contributed by atoms with Gasteiger partial charge >= 0.3 is 5.97 Å². The smallest absolute Gasteiger partial charge is 0.343 e. The molecule has 0 fully saturated rings. The lowest BCUT2D eigenvalue weighted by Gasteiger charge is -2.37. The molecular formula is C33H27NO5. The number of esters is 1. The Morgan fingerprint density at radius 3 is 2.08 bits per heavy atom. The van der Waals surface area contributed by atoms with Crippen molar-refractivity contribution in [3.8, 4) is 5.75 Å². The highest BCUT2D eigenvalue weighted by molar-refractivity contribution is 6.25. The van der Waals surface area contributed by atoms with Gasteiger partial charge in [-0.3, -0.25) is 14.4 Å². The summed E-state index contributed by atoms with van der Waals surface area (Å²) in [5.74, 6) is -2.20. The van der Waals surface area contributed by atoms with Gasteiger partial charge in [0.2, 0.25) is 5.78 Å². The Morgan fingerprint density at radius 1 is 0.795 bits per heavy atom. The van der Waals surface area contributed by atoms with Gasteiger partial charge in [0.1, 0.15) is 5.75 Å². The average molecular weight is 518 g/mol. The van der Waals surface area contributed by atoms with Crippen molar-refractivity contribution < 1.29 is 23.9 Å². The van der Waals surface area contributed by atoms with Crippen LogP contribution in [0.1, 0.15) is 67.5 Å². The van der Waals surface area contributed by atoms with Gasteiger partial charge in [0, 0.05) is 23.1 Å². The molecule has 0 heterocycles. The number of carbonyl (C=O) groups is 4. The number of benzene rings is 4. The summed E-state index contributed by atoms with van der Waals surface area (Å²) in [5, 5.41) is 2.78. The monoisotopic (exact) mass is 517 g/mol. The summed E-state index contributed by atoms with van der Waals surface area (Å²) in [5.41, 5.74) is 0.381. The van der Waals surface area contributed by atoms with Gasteiger partial charge < -0.3 is 10.1 Å². The molecule has 1 N–H and O–H groups in total. The van der Waals surface area contributed by atoms with E-state index in [2.05, 4.69) is 5.32 Å². The van der Waals surface area contributed by atoms with Gasteiger partial charge in [-0.05, 0) is 47.4 Å². The Morgan fingerprint density at radius 2 is 1.41 bits per heavy atom. The van der Waals surface area contributed by atoms with Gasteiger partial charge in [-0.1, -0.05) is 86.6 Å². The predicted molar refractivity (Wildman–Crippen MR) is 147 cm³/mol. The van der Waals surface area contributed by atoms with Crippen molar-refractivity contribution in [3.05, 3.63) is 137 Å². The number of ketones is 2. The van der Waals surface area contributed by atoms with Crippen LogP contribution in [-0.4, -0.2) is 23.4 Å². The van der Waals surface area contributed by atoms with Crippen molar-refractivity contribution in [2.24, 2.45) is 0 Å². The molecule has 0 aromatic heterocycles. The highest BCUT2D eigenvalue weighted by Crippen LogP contribution is 2.40. The molecule has 1 atom stereocenters. The summed E-state index contributed by atoms with van der Waals surface area (Å²) in [6.07, 6.45) is -0.0744. The fourth-order valence-electron chi connectivity index (χ4n) is 4.85. The average Bonchev–Trinajstić information content (AvgIpc) is 2.96. The molecule has 5 rings (SSSR count). The van der Waals surface area contributed by atoms with Crippen LogP contribution in [0.25, 0.3) is 0 Å². The van der Waals surface area contributed by atoms with Crippen LogP contribution in [0.4, 0.5) is 0 Å². The summed E-state index contributed by atoms with van der Waals surface area (Å²) in [4.78, 5) is 54.9. The zero-order valence-corrected chi connectivity index (χ0v) is 21.6. The molecule has 4 aromatic carbocycles. The van der Waals surface area contributed by atoms with Crippen LogP contribution >= 0.6 is 0 Å². The van der Waals surface area contributed by atoms with Crippen molar-refractivity contribution in [3.63, 3.8) is 0 Å². The minimum absolute atomic E-state index is 0.0458. The Bertz CT molecular complexity index is 1580. The molecule has 6 nitrogen and oxygen atoms in total. The summed E-state index contributed by atoms with van der Waals surface area (Å²) in [6.45, 7) is 3.97. The molecule has 1 aliphatic carbocycles. The summed E-state index contributed by atoms with van der Waals surface area (Å²) >= 11 is 0. The second-order valence-corrected chi connectivity index (χ2v) is 9.82. The molecule has 1 amide bonds. The molecule has 0 aliphatic heterocycles. The van der Waals surface area contributed by atoms with Crippen molar-refractivity contribution in [2.45, 2.75) is 31.7 Å². The standard InChI is InChI=1S/C33H27NO5/c1-21(2)24-17-18-27(28(19-24)39-32(38)23-13-7-4-8-14-23)33(34-31(37)22-11-5-3-6-12-22)29(35)20-25-15-9-10-16-26(25)30(33)36/h3-19,21H,20H2,1-2H3,(H,34,37). The van der Waals surface area contributed by atoms with E-state index in [1.807, 2.05) is 13.8 Å². The van der Waals surface area contributed by atoms with E-state index in [0.29, 0.717) is 16.7 Å². The van der Waals surface area contributed by atoms with Crippen LogP contribution in [0.3, 0.4) is 0 Å². The van der Waals surface area contributed by atoms with Gasteiger partial charge in [0.15, 0.2) is 11.3 Å². The lowest BCUT2D eigenvalue weighted by atomic mass is 9.71. The van der Waals surface area contributed by atoms with E-state index in [-0.39, 0.29) is 29.2 Å². The third kappa shape index (κ3) is 4.77. The predicted octanol–water partition coefficient (Wildman–Crippen LogP) is 5.66. The van der Waals surface area contributed by atoms with E-state index >= 15 is 0 Å². The van der Waals surface area contributed by atoms with Crippen LogP contribution in [-0.2, 0) is 16.8 Å². The second kappa shape index (κ2) is 10.5. The van der Waals surface area contributed by atoms with Crippen LogP contribution in [0, 0.1) is 0 Å². The Hall–Kier alpha value is -4.84. The molecule has 0 bridgehead atoms. The molecular weight excluding hydrogens is 490 g/mol. The minimum Gasteiger partial charge on any atom is -0.423 e. The van der Waals surface area contributed by atoms with Crippen LogP contribution in [0.2, 0.25) is 0 Å². The molecule has 6 heteroatoms. The first-order chi connectivity index (χ1) is 18.8. The third-order valence-electron chi connectivity index (χ3n) is 7.00. The third-order valence-corrected chi connectivity index (χ3v) is 7.00. The lowest BCUT2D eigenvalue weighted by Crippen LogP contribution is -2.60. The largest absolute Gasteiger partial charge is 0.423 e. The second-order valence-electron chi connectivity index (χ2n) is 9.82. The normalized spacial score (nSPS) is 16.5. The number of fused-ring (bicyclic) bond motifs is 1. The molecule has 0 radical (unpaired) electrons. The number of Topliss-reactive ketones (excluding diaryl/α,β-unsaturated/α-hetero) is 2. The zero-order valence-electron chi connectivity index (χ0n) is 21.6. The molecule has 194 valence electrons. The Balaban J connectivity index is 1.71. The van der Waals surface area contributed by atoms with E-state index in [9.17, 15) is 19.2 Å². The number of rotatable bonds is 6. The number of nitrogens with one attached hydrogen (secondary N) is 1. The number of amides is 1. The van der Waals surface area contributed by atoms with Crippen molar-refractivity contribution >= 4 is 23.4 Å².